The summed E-state index contributed by atoms with van der Waals surface area (Å²) in [7, 11) is 0. The Morgan fingerprint density at radius 1 is 0.875 bits per heavy atom. The fraction of sp³-hybridized carbons (Fsp3) is 0.833. The van der Waals surface area contributed by atoms with Gasteiger partial charge in [-0.25, -0.2) is 0 Å². The molecule has 0 fully saturated rings. The summed E-state index contributed by atoms with van der Waals surface area (Å²) in [5.74, 6) is 0. The topological polar surface area (TPSA) is 72.3 Å². The number of hydrogen-bond acceptors (Lipinski definition) is 4. The number of hydrogen-bond donors (Lipinski definition) is 0. The lowest BCUT2D eigenvalue weighted by molar-refractivity contribution is 0.404. The average Bonchev–Trinajstić information content (AvgIpc) is 2.34. The lowest BCUT2D eigenvalue weighted by atomic mass is 9.89. The van der Waals surface area contributed by atoms with Crippen LogP contribution in [0.1, 0.15) is 40.5 Å². The summed E-state index contributed by atoms with van der Waals surface area (Å²) in [4.78, 5) is 0. The van der Waals surface area contributed by atoms with E-state index in [0.29, 0.717) is 13.1 Å². The smallest absolute Gasteiger partial charge is 0.0782 e. The van der Waals surface area contributed by atoms with Crippen molar-refractivity contribution >= 4 is 0 Å². The molecular weight excluding hydrogens is 200 g/mol. The highest BCUT2D eigenvalue weighted by Crippen LogP contribution is 2.22. The van der Waals surface area contributed by atoms with Crippen molar-refractivity contribution in [3.05, 3.63) is 0 Å². The first kappa shape index (κ1) is 14.6. The lowest BCUT2D eigenvalue weighted by Gasteiger charge is -2.17. The van der Waals surface area contributed by atoms with Gasteiger partial charge >= 0.3 is 0 Å². The van der Waals surface area contributed by atoms with Gasteiger partial charge in [0.05, 0.1) is 36.1 Å². The first-order chi connectivity index (χ1) is 7.45. The first-order valence-corrected chi connectivity index (χ1v) is 5.61. The average molecular weight is 220 g/mol. The van der Waals surface area contributed by atoms with Crippen molar-refractivity contribution in [3.8, 4) is 12.1 Å². The second-order valence-electron chi connectivity index (χ2n) is 4.65. The standard InChI is InChI=1S/C12H20N4/c1-5-11(3,7-13)9-15-16-10-12(4,6-2)8-14/h5-6,9-10H2,1-4H3. The van der Waals surface area contributed by atoms with Crippen LogP contribution in [0.2, 0.25) is 0 Å². The second kappa shape index (κ2) is 6.23. The van der Waals surface area contributed by atoms with E-state index in [0.717, 1.165) is 12.8 Å². The Kier molecular flexibility index (Phi) is 5.67. The molecule has 0 spiro atoms. The van der Waals surface area contributed by atoms with E-state index in [2.05, 4.69) is 22.4 Å². The third kappa shape index (κ3) is 4.40. The Balaban J connectivity index is 4.25. The van der Waals surface area contributed by atoms with E-state index in [4.69, 9.17) is 10.5 Å². The van der Waals surface area contributed by atoms with Gasteiger partial charge in [0.1, 0.15) is 0 Å². The van der Waals surface area contributed by atoms with E-state index in [1.807, 2.05) is 27.7 Å². The van der Waals surface area contributed by atoms with E-state index in [1.165, 1.54) is 0 Å². The van der Waals surface area contributed by atoms with E-state index in [-0.39, 0.29) is 0 Å². The van der Waals surface area contributed by atoms with E-state index in [9.17, 15) is 0 Å². The number of nitrogens with zero attached hydrogens (tertiary/aromatic N) is 4. The summed E-state index contributed by atoms with van der Waals surface area (Å²) >= 11 is 0. The maximum Gasteiger partial charge on any atom is 0.0782 e. The molecule has 0 aromatic carbocycles. The van der Waals surface area contributed by atoms with Crippen LogP contribution in [0, 0.1) is 33.5 Å². The van der Waals surface area contributed by atoms with Crippen molar-refractivity contribution < 1.29 is 0 Å². The van der Waals surface area contributed by atoms with Crippen LogP contribution in [0.25, 0.3) is 0 Å². The molecule has 2 atom stereocenters. The Labute approximate surface area is 98.0 Å². The van der Waals surface area contributed by atoms with E-state index in [1.54, 1.807) is 0 Å². The third-order valence-electron chi connectivity index (χ3n) is 3.04. The van der Waals surface area contributed by atoms with Crippen molar-refractivity contribution in [2.45, 2.75) is 40.5 Å². The maximum absolute atomic E-state index is 8.93. The zero-order chi connectivity index (χ0) is 12.7. The molecule has 0 aliphatic heterocycles. The molecule has 16 heavy (non-hydrogen) atoms. The molecular formula is C12H20N4. The van der Waals surface area contributed by atoms with Crippen molar-refractivity contribution in [1.29, 1.82) is 10.5 Å². The minimum atomic E-state index is -0.432. The van der Waals surface area contributed by atoms with Gasteiger partial charge in [0, 0.05) is 0 Å². The van der Waals surface area contributed by atoms with Gasteiger partial charge in [-0.2, -0.15) is 20.8 Å². The zero-order valence-electron chi connectivity index (χ0n) is 10.6. The molecule has 0 amide bonds. The molecule has 0 rings (SSSR count). The molecule has 4 nitrogen and oxygen atoms in total. The predicted octanol–water partition coefficient (Wildman–Crippen LogP) is 3.32. The van der Waals surface area contributed by atoms with Crippen LogP contribution in [-0.2, 0) is 0 Å². The van der Waals surface area contributed by atoms with Crippen LogP contribution in [-0.4, -0.2) is 13.1 Å². The molecule has 0 aliphatic rings. The SMILES string of the molecule is CCC(C)(C#N)CN=NCC(C)(C#N)CC. The van der Waals surface area contributed by atoms with Gasteiger partial charge in [-0.15, -0.1) is 0 Å². The van der Waals surface area contributed by atoms with Gasteiger partial charge in [-0.1, -0.05) is 13.8 Å². The summed E-state index contributed by atoms with van der Waals surface area (Å²) in [5, 5.41) is 25.9. The fourth-order valence-electron chi connectivity index (χ4n) is 0.865. The minimum Gasteiger partial charge on any atom is -0.198 e. The highest BCUT2D eigenvalue weighted by molar-refractivity contribution is 4.97. The highest BCUT2D eigenvalue weighted by Gasteiger charge is 2.22. The Bertz CT molecular complexity index is 291. The summed E-state index contributed by atoms with van der Waals surface area (Å²) in [6, 6.07) is 4.47. The Morgan fingerprint density at radius 3 is 1.38 bits per heavy atom. The number of nitriles is 2. The minimum absolute atomic E-state index is 0.408. The predicted molar refractivity (Wildman–Crippen MR) is 62.6 cm³/mol. The Hall–Kier alpha value is -1.42. The summed E-state index contributed by atoms with van der Waals surface area (Å²) in [6.07, 6.45) is 1.51. The van der Waals surface area contributed by atoms with Gasteiger partial charge in [0.25, 0.3) is 0 Å². The number of rotatable bonds is 6. The Morgan fingerprint density at radius 2 is 1.19 bits per heavy atom. The second-order valence-corrected chi connectivity index (χ2v) is 4.65. The van der Waals surface area contributed by atoms with Gasteiger partial charge in [-0.05, 0) is 26.7 Å². The van der Waals surface area contributed by atoms with Crippen LogP contribution < -0.4 is 0 Å². The molecule has 0 saturated carbocycles. The highest BCUT2D eigenvalue weighted by atomic mass is 15.1. The largest absolute Gasteiger partial charge is 0.198 e. The zero-order valence-corrected chi connectivity index (χ0v) is 10.6. The molecule has 88 valence electrons. The molecule has 2 unspecified atom stereocenters. The maximum atomic E-state index is 8.93. The molecule has 0 aliphatic carbocycles. The monoisotopic (exact) mass is 220 g/mol. The fourth-order valence-corrected chi connectivity index (χ4v) is 0.865. The molecule has 0 N–H and O–H groups in total. The van der Waals surface area contributed by atoms with Crippen LogP contribution in [0.5, 0.6) is 0 Å². The normalized spacial score (nSPS) is 18.4. The van der Waals surface area contributed by atoms with Crippen LogP contribution in [0.4, 0.5) is 0 Å². The van der Waals surface area contributed by atoms with Crippen LogP contribution in [0.15, 0.2) is 10.2 Å². The lowest BCUT2D eigenvalue weighted by Crippen LogP contribution is -2.18. The van der Waals surface area contributed by atoms with E-state index >= 15 is 0 Å². The van der Waals surface area contributed by atoms with Gasteiger partial charge in [0.2, 0.25) is 0 Å². The molecule has 0 saturated heterocycles. The third-order valence-corrected chi connectivity index (χ3v) is 3.04. The molecule has 0 aromatic heterocycles. The van der Waals surface area contributed by atoms with E-state index < -0.39 is 10.8 Å². The molecule has 0 radical (unpaired) electrons. The van der Waals surface area contributed by atoms with Crippen molar-refractivity contribution in [2.24, 2.45) is 21.1 Å². The molecule has 0 aromatic rings. The van der Waals surface area contributed by atoms with Crippen LogP contribution >= 0.6 is 0 Å². The molecule has 0 heterocycles. The van der Waals surface area contributed by atoms with Crippen molar-refractivity contribution in [3.63, 3.8) is 0 Å². The van der Waals surface area contributed by atoms with Crippen LogP contribution in [0.3, 0.4) is 0 Å². The van der Waals surface area contributed by atoms with Gasteiger partial charge in [0.15, 0.2) is 0 Å². The first-order valence-electron chi connectivity index (χ1n) is 5.61. The van der Waals surface area contributed by atoms with Crippen molar-refractivity contribution in [1.82, 2.24) is 0 Å². The molecule has 0 bridgehead atoms. The molecule has 4 heteroatoms. The number of azo groups is 1. The van der Waals surface area contributed by atoms with Gasteiger partial charge in [-0.3, -0.25) is 0 Å². The summed E-state index contributed by atoms with van der Waals surface area (Å²) in [6.45, 7) is 8.48. The van der Waals surface area contributed by atoms with Gasteiger partial charge < -0.3 is 0 Å². The quantitative estimate of drug-likeness (QED) is 0.644. The van der Waals surface area contributed by atoms with Crippen molar-refractivity contribution in [2.75, 3.05) is 13.1 Å². The summed E-state index contributed by atoms with van der Waals surface area (Å²) in [5.41, 5.74) is -0.864. The summed E-state index contributed by atoms with van der Waals surface area (Å²) < 4.78 is 0.